The molecule has 0 bridgehead atoms. The van der Waals surface area contributed by atoms with E-state index in [4.69, 9.17) is 4.74 Å². The average molecular weight is 284 g/mol. The molecule has 3 nitrogen and oxygen atoms in total. The molecule has 2 aliphatic carbocycles. The van der Waals surface area contributed by atoms with E-state index in [1.165, 1.54) is 12.8 Å². The highest BCUT2D eigenvalue weighted by molar-refractivity contribution is 6.71. The number of rotatable bonds is 3. The van der Waals surface area contributed by atoms with Crippen LogP contribution in [-0.4, -0.2) is 25.7 Å². The lowest BCUT2D eigenvalue weighted by Gasteiger charge is -2.46. The summed E-state index contributed by atoms with van der Waals surface area (Å²) in [5.74, 6) is 1.37. The first-order chi connectivity index (χ1) is 8.93. The first kappa shape index (κ1) is 15.0. The SMILES string of the molecule is CCOC(=O)C1CCC2CCCC([Si](C)(C)O)C2C1. The van der Waals surface area contributed by atoms with Gasteiger partial charge in [0.2, 0.25) is 0 Å². The van der Waals surface area contributed by atoms with Gasteiger partial charge in [-0.25, -0.2) is 0 Å². The van der Waals surface area contributed by atoms with Crippen molar-refractivity contribution in [3.8, 4) is 0 Å². The van der Waals surface area contributed by atoms with Gasteiger partial charge in [-0.15, -0.1) is 0 Å². The van der Waals surface area contributed by atoms with Crippen molar-refractivity contribution < 1.29 is 14.3 Å². The summed E-state index contributed by atoms with van der Waals surface area (Å²) in [7, 11) is -2.10. The Morgan fingerprint density at radius 3 is 2.63 bits per heavy atom. The number of esters is 1. The summed E-state index contributed by atoms with van der Waals surface area (Å²) in [4.78, 5) is 22.5. The van der Waals surface area contributed by atoms with Crippen LogP contribution in [0, 0.1) is 17.8 Å². The first-order valence-corrected chi connectivity index (χ1v) is 10.8. The molecule has 0 aromatic rings. The van der Waals surface area contributed by atoms with Gasteiger partial charge < -0.3 is 9.53 Å². The molecular weight excluding hydrogens is 256 g/mol. The molecule has 2 aliphatic rings. The molecular formula is C15H28O3Si. The Hall–Kier alpha value is -0.353. The van der Waals surface area contributed by atoms with Crippen LogP contribution >= 0.6 is 0 Å². The molecule has 19 heavy (non-hydrogen) atoms. The number of hydrogen-bond acceptors (Lipinski definition) is 3. The summed E-state index contributed by atoms with van der Waals surface area (Å²) in [5.41, 5.74) is 0.475. The van der Waals surface area contributed by atoms with E-state index in [0.717, 1.165) is 31.6 Å². The van der Waals surface area contributed by atoms with Gasteiger partial charge in [0.1, 0.15) is 0 Å². The number of hydrogen-bond donors (Lipinski definition) is 1. The molecule has 4 atom stereocenters. The number of carbonyl (C=O) groups is 1. The molecule has 0 radical (unpaired) electrons. The van der Waals surface area contributed by atoms with E-state index in [0.29, 0.717) is 18.1 Å². The van der Waals surface area contributed by atoms with E-state index in [9.17, 15) is 9.59 Å². The van der Waals surface area contributed by atoms with Gasteiger partial charge in [-0.1, -0.05) is 19.3 Å². The number of fused-ring (bicyclic) bond motifs is 1. The summed E-state index contributed by atoms with van der Waals surface area (Å²) in [6, 6.07) is 0. The Labute approximate surface area is 117 Å². The molecule has 2 saturated carbocycles. The standard InChI is InChI=1S/C15H28O3Si/c1-4-18-15(16)12-9-8-11-6-5-7-14(13(11)10-12)19(2,3)17/h11-14,17H,4-10H2,1-3H3. The van der Waals surface area contributed by atoms with E-state index in [1.54, 1.807) is 0 Å². The predicted molar refractivity (Wildman–Crippen MR) is 78.3 cm³/mol. The summed E-state index contributed by atoms with van der Waals surface area (Å²) < 4.78 is 5.19. The Kier molecular flexibility index (Phi) is 4.72. The molecule has 0 spiro atoms. The maximum atomic E-state index is 12.0. The molecule has 0 heterocycles. The van der Waals surface area contributed by atoms with Crippen molar-refractivity contribution in [2.75, 3.05) is 6.61 Å². The second-order valence-electron chi connectivity index (χ2n) is 6.88. The van der Waals surface area contributed by atoms with Crippen LogP contribution in [0.4, 0.5) is 0 Å². The van der Waals surface area contributed by atoms with Crippen LogP contribution in [0.15, 0.2) is 0 Å². The van der Waals surface area contributed by atoms with Crippen molar-refractivity contribution in [1.82, 2.24) is 0 Å². The normalized spacial score (nSPS) is 35.6. The highest BCUT2D eigenvalue weighted by Gasteiger charge is 2.46. The number of ether oxygens (including phenoxy) is 1. The molecule has 1 N–H and O–H groups in total. The smallest absolute Gasteiger partial charge is 0.308 e. The van der Waals surface area contributed by atoms with Gasteiger partial charge in [-0.3, -0.25) is 4.79 Å². The molecule has 110 valence electrons. The van der Waals surface area contributed by atoms with Crippen LogP contribution in [0.5, 0.6) is 0 Å². The zero-order valence-electron chi connectivity index (χ0n) is 12.5. The molecule has 0 amide bonds. The van der Waals surface area contributed by atoms with Crippen LogP contribution in [0.1, 0.15) is 45.4 Å². The Morgan fingerprint density at radius 2 is 2.00 bits per heavy atom. The molecule has 2 rings (SSSR count). The summed E-state index contributed by atoms with van der Waals surface area (Å²) >= 11 is 0. The predicted octanol–water partition coefficient (Wildman–Crippen LogP) is 3.33. The molecule has 2 fully saturated rings. The number of carbonyl (C=O) groups excluding carboxylic acids is 1. The lowest BCUT2D eigenvalue weighted by Crippen LogP contribution is -2.44. The van der Waals surface area contributed by atoms with E-state index in [1.807, 2.05) is 6.92 Å². The minimum absolute atomic E-state index is 0.0114. The molecule has 4 heteroatoms. The molecule has 0 saturated heterocycles. The van der Waals surface area contributed by atoms with Crippen LogP contribution in [0.2, 0.25) is 18.6 Å². The summed E-state index contributed by atoms with van der Waals surface area (Å²) in [5, 5.41) is 0. The molecule has 4 unspecified atom stereocenters. The van der Waals surface area contributed by atoms with Gasteiger partial charge in [0.05, 0.1) is 12.5 Å². The van der Waals surface area contributed by atoms with Crippen molar-refractivity contribution in [3.63, 3.8) is 0 Å². The Balaban J connectivity index is 2.06. The third kappa shape index (κ3) is 3.40. The maximum Gasteiger partial charge on any atom is 0.308 e. The third-order valence-corrected chi connectivity index (χ3v) is 7.71. The monoisotopic (exact) mass is 284 g/mol. The van der Waals surface area contributed by atoms with Gasteiger partial charge in [-0.2, -0.15) is 0 Å². The first-order valence-electron chi connectivity index (χ1n) is 7.82. The van der Waals surface area contributed by atoms with Crippen LogP contribution in [0.3, 0.4) is 0 Å². The quantitative estimate of drug-likeness (QED) is 0.638. The van der Waals surface area contributed by atoms with Gasteiger partial charge in [0.25, 0.3) is 0 Å². The van der Waals surface area contributed by atoms with Crippen LogP contribution in [-0.2, 0) is 9.53 Å². The largest absolute Gasteiger partial charge is 0.466 e. The Bertz CT molecular complexity index is 324. The zero-order chi connectivity index (χ0) is 14.0. The van der Waals surface area contributed by atoms with Crippen molar-refractivity contribution in [2.45, 2.75) is 64.1 Å². The van der Waals surface area contributed by atoms with Gasteiger partial charge in [0.15, 0.2) is 8.32 Å². The molecule has 0 aromatic carbocycles. The minimum atomic E-state index is -2.10. The van der Waals surface area contributed by atoms with Gasteiger partial charge >= 0.3 is 5.97 Å². The highest BCUT2D eigenvalue weighted by atomic mass is 28.4. The second-order valence-corrected chi connectivity index (χ2v) is 10.9. The van der Waals surface area contributed by atoms with E-state index < -0.39 is 8.32 Å². The van der Waals surface area contributed by atoms with E-state index >= 15 is 0 Å². The zero-order valence-corrected chi connectivity index (χ0v) is 13.5. The fourth-order valence-electron chi connectivity index (χ4n) is 4.28. The fourth-order valence-corrected chi connectivity index (χ4v) is 6.65. The average Bonchev–Trinajstić information content (AvgIpc) is 2.36. The Morgan fingerprint density at radius 1 is 1.26 bits per heavy atom. The summed E-state index contributed by atoms with van der Waals surface area (Å²) in [6.07, 6.45) is 6.79. The van der Waals surface area contributed by atoms with Gasteiger partial charge in [-0.05, 0) is 56.7 Å². The van der Waals surface area contributed by atoms with Crippen molar-refractivity contribution in [1.29, 1.82) is 0 Å². The van der Waals surface area contributed by atoms with Crippen LogP contribution in [0.25, 0.3) is 0 Å². The highest BCUT2D eigenvalue weighted by Crippen LogP contribution is 2.51. The second kappa shape index (κ2) is 5.96. The van der Waals surface area contributed by atoms with Crippen molar-refractivity contribution in [2.24, 2.45) is 17.8 Å². The topological polar surface area (TPSA) is 46.5 Å². The molecule has 0 aromatic heterocycles. The minimum Gasteiger partial charge on any atom is -0.466 e. The lowest BCUT2D eigenvalue weighted by atomic mass is 9.67. The van der Waals surface area contributed by atoms with Crippen molar-refractivity contribution >= 4 is 14.3 Å². The summed E-state index contributed by atoms with van der Waals surface area (Å²) in [6.45, 7) is 6.48. The van der Waals surface area contributed by atoms with E-state index in [2.05, 4.69) is 13.1 Å². The lowest BCUT2D eigenvalue weighted by molar-refractivity contribution is -0.150. The third-order valence-electron chi connectivity index (χ3n) is 5.18. The molecule has 0 aliphatic heterocycles. The van der Waals surface area contributed by atoms with Crippen molar-refractivity contribution in [3.05, 3.63) is 0 Å². The van der Waals surface area contributed by atoms with Gasteiger partial charge in [0, 0.05) is 0 Å². The van der Waals surface area contributed by atoms with Crippen LogP contribution < -0.4 is 0 Å². The maximum absolute atomic E-state index is 12.0. The van der Waals surface area contributed by atoms with E-state index in [-0.39, 0.29) is 11.9 Å². The fraction of sp³-hybridized carbons (Fsp3) is 0.933.